The van der Waals surface area contributed by atoms with Crippen LogP contribution in [-0.2, 0) is 4.79 Å². The minimum absolute atomic E-state index is 0.163. The minimum atomic E-state index is -0.218. The standard InChI is InChI=1S/C25H32O3/c1-15-4-6-19(28-15)12-16-13-22-20-7-5-17-14-18(26)8-10-24(17,2)21(20)9-11-25(22,3)23(16)27/h4-6,12,18,20-22,26H,7-11,13-14H2,1-3H3/b16-12+/t18-,20-,21-,22+,24+,25+/m1/s1. The number of furan rings is 1. The number of aliphatic hydroxyl groups is 1. The molecule has 0 unspecified atom stereocenters. The smallest absolute Gasteiger partial charge is 0.165 e. The van der Waals surface area contributed by atoms with Gasteiger partial charge in [-0.1, -0.05) is 25.5 Å². The fourth-order valence-corrected chi connectivity index (χ4v) is 7.14. The molecule has 1 heterocycles. The highest BCUT2D eigenvalue weighted by molar-refractivity contribution is 6.05. The van der Waals surface area contributed by atoms with Crippen molar-refractivity contribution in [3.63, 3.8) is 0 Å². The van der Waals surface area contributed by atoms with Gasteiger partial charge in [0, 0.05) is 5.41 Å². The van der Waals surface area contributed by atoms with Crippen molar-refractivity contribution in [3.8, 4) is 0 Å². The molecule has 0 aliphatic heterocycles. The average molecular weight is 381 g/mol. The van der Waals surface area contributed by atoms with E-state index >= 15 is 0 Å². The molecule has 28 heavy (non-hydrogen) atoms. The van der Waals surface area contributed by atoms with Crippen molar-refractivity contribution in [2.45, 2.75) is 71.8 Å². The first kappa shape index (κ1) is 18.4. The number of carbonyl (C=O) groups excluding carboxylic acids is 1. The van der Waals surface area contributed by atoms with Gasteiger partial charge in [-0.15, -0.1) is 0 Å². The third-order valence-corrected chi connectivity index (χ3v) is 8.80. The van der Waals surface area contributed by atoms with Crippen LogP contribution in [0.15, 0.2) is 33.8 Å². The molecule has 0 saturated heterocycles. The summed E-state index contributed by atoms with van der Waals surface area (Å²) in [6.45, 7) is 6.60. The van der Waals surface area contributed by atoms with Gasteiger partial charge in [0.25, 0.3) is 0 Å². The lowest BCUT2D eigenvalue weighted by Crippen LogP contribution is -2.50. The van der Waals surface area contributed by atoms with Gasteiger partial charge in [0.15, 0.2) is 5.78 Å². The summed E-state index contributed by atoms with van der Waals surface area (Å²) in [4.78, 5) is 13.4. The molecule has 0 bridgehead atoms. The van der Waals surface area contributed by atoms with Crippen LogP contribution in [0.5, 0.6) is 0 Å². The van der Waals surface area contributed by atoms with Crippen molar-refractivity contribution < 1.29 is 14.3 Å². The number of hydrogen-bond donors (Lipinski definition) is 1. The van der Waals surface area contributed by atoms with Crippen LogP contribution < -0.4 is 0 Å². The van der Waals surface area contributed by atoms with Crippen LogP contribution >= 0.6 is 0 Å². The van der Waals surface area contributed by atoms with E-state index < -0.39 is 0 Å². The van der Waals surface area contributed by atoms with E-state index in [9.17, 15) is 9.90 Å². The molecular formula is C25H32O3. The van der Waals surface area contributed by atoms with Crippen LogP contribution in [0.4, 0.5) is 0 Å². The van der Waals surface area contributed by atoms with Crippen molar-refractivity contribution in [1.29, 1.82) is 0 Å². The number of Topliss-reactive ketones (excluding diaryl/α,β-unsaturated/α-hetero) is 1. The molecule has 0 spiro atoms. The van der Waals surface area contributed by atoms with Gasteiger partial charge >= 0.3 is 0 Å². The van der Waals surface area contributed by atoms with Gasteiger partial charge < -0.3 is 9.52 Å². The quantitative estimate of drug-likeness (QED) is 0.519. The second-order valence-corrected chi connectivity index (χ2v) is 10.3. The van der Waals surface area contributed by atoms with Gasteiger partial charge in [-0.05, 0) is 98.8 Å². The molecule has 4 aliphatic carbocycles. The lowest BCUT2D eigenvalue weighted by Gasteiger charge is -2.56. The maximum Gasteiger partial charge on any atom is 0.165 e. The van der Waals surface area contributed by atoms with Gasteiger partial charge in [0.2, 0.25) is 0 Å². The fraction of sp³-hybridized carbons (Fsp3) is 0.640. The molecule has 150 valence electrons. The zero-order valence-corrected chi connectivity index (χ0v) is 17.3. The highest BCUT2D eigenvalue weighted by atomic mass is 16.3. The molecule has 0 aromatic carbocycles. The van der Waals surface area contributed by atoms with E-state index in [0.29, 0.717) is 23.5 Å². The largest absolute Gasteiger partial charge is 0.462 e. The van der Waals surface area contributed by atoms with Crippen molar-refractivity contribution in [2.24, 2.45) is 28.6 Å². The fourth-order valence-electron chi connectivity index (χ4n) is 7.14. The van der Waals surface area contributed by atoms with E-state index in [1.165, 1.54) is 5.57 Å². The van der Waals surface area contributed by atoms with Gasteiger partial charge in [-0.3, -0.25) is 4.79 Å². The molecule has 0 amide bonds. The van der Waals surface area contributed by atoms with E-state index in [4.69, 9.17) is 4.42 Å². The third-order valence-electron chi connectivity index (χ3n) is 8.80. The van der Waals surface area contributed by atoms with Crippen LogP contribution in [0.3, 0.4) is 0 Å². The second kappa shape index (κ2) is 6.19. The molecule has 1 aromatic heterocycles. The Kier molecular flexibility index (Phi) is 4.07. The van der Waals surface area contributed by atoms with Crippen LogP contribution in [-0.4, -0.2) is 17.0 Å². The van der Waals surface area contributed by atoms with Crippen molar-refractivity contribution >= 4 is 11.9 Å². The first-order chi connectivity index (χ1) is 13.3. The number of fused-ring (bicyclic) bond motifs is 5. The Morgan fingerprint density at radius 3 is 2.64 bits per heavy atom. The van der Waals surface area contributed by atoms with Crippen molar-refractivity contribution in [1.82, 2.24) is 0 Å². The molecule has 4 aliphatic rings. The molecule has 1 aromatic rings. The third kappa shape index (κ3) is 2.55. The maximum absolute atomic E-state index is 13.4. The predicted molar refractivity (Wildman–Crippen MR) is 110 cm³/mol. The maximum atomic E-state index is 13.4. The number of rotatable bonds is 1. The molecule has 0 radical (unpaired) electrons. The predicted octanol–water partition coefficient (Wildman–Crippen LogP) is 5.47. The first-order valence-electron chi connectivity index (χ1n) is 11.0. The lowest BCUT2D eigenvalue weighted by molar-refractivity contribution is -0.130. The van der Waals surface area contributed by atoms with Gasteiger partial charge in [0.1, 0.15) is 11.5 Å². The topological polar surface area (TPSA) is 50.4 Å². The summed E-state index contributed by atoms with van der Waals surface area (Å²) >= 11 is 0. The Bertz CT molecular complexity index is 874. The Hall–Kier alpha value is -1.61. The summed E-state index contributed by atoms with van der Waals surface area (Å²) in [6, 6.07) is 3.93. The number of carbonyl (C=O) groups is 1. The van der Waals surface area contributed by atoms with Crippen LogP contribution in [0.25, 0.3) is 6.08 Å². The normalized spacial score (nSPS) is 44.1. The van der Waals surface area contributed by atoms with Crippen molar-refractivity contribution in [3.05, 3.63) is 40.9 Å². The molecule has 3 saturated carbocycles. The number of allylic oxidation sites excluding steroid dienone is 2. The second-order valence-electron chi connectivity index (χ2n) is 10.3. The Balaban J connectivity index is 1.48. The SMILES string of the molecule is Cc1ccc(/C=C2\C[C@H]3[C@@H]4CC=C5C[C@H](O)CC[C@]5(C)[C@@H]4CC[C@]3(C)C2=O)o1. The number of ketones is 1. The monoisotopic (exact) mass is 380 g/mol. The van der Waals surface area contributed by atoms with Gasteiger partial charge in [-0.25, -0.2) is 0 Å². The summed E-state index contributed by atoms with van der Waals surface area (Å²) in [5.74, 6) is 3.70. The summed E-state index contributed by atoms with van der Waals surface area (Å²) in [6.07, 6.45) is 11.2. The Morgan fingerprint density at radius 1 is 1.11 bits per heavy atom. The zero-order chi connectivity index (χ0) is 19.7. The number of aliphatic hydroxyl groups excluding tert-OH is 1. The van der Waals surface area contributed by atoms with Gasteiger partial charge in [0.05, 0.1) is 6.10 Å². The van der Waals surface area contributed by atoms with E-state index in [1.54, 1.807) is 0 Å². The lowest BCUT2D eigenvalue weighted by atomic mass is 9.48. The van der Waals surface area contributed by atoms with E-state index in [0.717, 1.165) is 62.0 Å². The van der Waals surface area contributed by atoms with E-state index in [1.807, 2.05) is 25.1 Å². The van der Waals surface area contributed by atoms with Crippen molar-refractivity contribution in [2.75, 3.05) is 0 Å². The van der Waals surface area contributed by atoms with Crippen LogP contribution in [0.2, 0.25) is 0 Å². The highest BCUT2D eigenvalue weighted by Gasteiger charge is 2.59. The summed E-state index contributed by atoms with van der Waals surface area (Å²) in [5, 5.41) is 10.2. The van der Waals surface area contributed by atoms with Crippen LogP contribution in [0, 0.1) is 35.5 Å². The highest BCUT2D eigenvalue weighted by Crippen LogP contribution is 2.64. The summed E-state index contributed by atoms with van der Waals surface area (Å²) in [7, 11) is 0. The molecule has 3 nitrogen and oxygen atoms in total. The summed E-state index contributed by atoms with van der Waals surface area (Å²) < 4.78 is 5.72. The average Bonchev–Trinajstić information content (AvgIpc) is 3.18. The van der Waals surface area contributed by atoms with Crippen LogP contribution in [0.1, 0.15) is 70.3 Å². The number of aryl methyl sites for hydroxylation is 1. The first-order valence-corrected chi connectivity index (χ1v) is 11.0. The minimum Gasteiger partial charge on any atom is -0.462 e. The van der Waals surface area contributed by atoms with E-state index in [-0.39, 0.29) is 16.9 Å². The molecule has 5 rings (SSSR count). The Labute approximate surface area is 167 Å². The molecule has 3 fully saturated rings. The molecular weight excluding hydrogens is 348 g/mol. The molecule has 6 atom stereocenters. The molecule has 3 heteroatoms. The zero-order valence-electron chi connectivity index (χ0n) is 17.3. The summed E-state index contributed by atoms with van der Waals surface area (Å²) in [5.41, 5.74) is 2.45. The number of hydrogen-bond acceptors (Lipinski definition) is 3. The van der Waals surface area contributed by atoms with E-state index in [2.05, 4.69) is 19.9 Å². The molecule has 1 N–H and O–H groups in total. The Morgan fingerprint density at radius 2 is 1.89 bits per heavy atom. The van der Waals surface area contributed by atoms with Gasteiger partial charge in [-0.2, -0.15) is 0 Å².